The zero-order valence-electron chi connectivity index (χ0n) is 14.6. The van der Waals surface area contributed by atoms with Gasteiger partial charge in [-0.3, -0.25) is 10.1 Å². The number of sulfone groups is 1. The van der Waals surface area contributed by atoms with Crippen LogP contribution >= 0.6 is 11.6 Å². The SMILES string of the molecule is O=C(O)c1ccc(N[C@H](CS(=O)(=O)Cc2ccc(Cl)cc2)C(=O)O)c([N+](=O)[O-])c1. The summed E-state index contributed by atoms with van der Waals surface area (Å²) in [6.45, 7) is 0. The molecule has 0 bridgehead atoms. The van der Waals surface area contributed by atoms with Crippen LogP contribution in [0.3, 0.4) is 0 Å². The maximum atomic E-state index is 12.4. The molecule has 0 radical (unpaired) electrons. The molecule has 2 aromatic carbocycles. The Labute approximate surface area is 169 Å². The Bertz CT molecular complexity index is 1050. The highest BCUT2D eigenvalue weighted by atomic mass is 35.5. The molecule has 3 N–H and O–H groups in total. The van der Waals surface area contributed by atoms with Crippen LogP contribution in [-0.4, -0.2) is 47.3 Å². The number of aromatic carboxylic acids is 1. The summed E-state index contributed by atoms with van der Waals surface area (Å²) in [6, 6.07) is 7.08. The molecule has 1 atom stereocenters. The van der Waals surface area contributed by atoms with E-state index in [1.165, 1.54) is 24.3 Å². The van der Waals surface area contributed by atoms with E-state index in [9.17, 15) is 33.2 Å². The Morgan fingerprint density at radius 1 is 1.14 bits per heavy atom. The van der Waals surface area contributed by atoms with Gasteiger partial charge in [-0.15, -0.1) is 0 Å². The zero-order valence-corrected chi connectivity index (χ0v) is 16.2. The maximum absolute atomic E-state index is 12.4. The van der Waals surface area contributed by atoms with Gasteiger partial charge >= 0.3 is 11.9 Å². The van der Waals surface area contributed by atoms with Gasteiger partial charge in [0.2, 0.25) is 0 Å². The molecule has 2 rings (SSSR count). The minimum atomic E-state index is -3.92. The van der Waals surface area contributed by atoms with Gasteiger partial charge < -0.3 is 15.5 Å². The van der Waals surface area contributed by atoms with E-state index in [0.29, 0.717) is 10.6 Å². The van der Waals surface area contributed by atoms with Gasteiger partial charge in [0.05, 0.1) is 22.0 Å². The van der Waals surface area contributed by atoms with Crippen LogP contribution in [0, 0.1) is 10.1 Å². The second-order valence-electron chi connectivity index (χ2n) is 6.01. The van der Waals surface area contributed by atoms with Gasteiger partial charge in [0.25, 0.3) is 5.69 Å². The summed E-state index contributed by atoms with van der Waals surface area (Å²) >= 11 is 5.74. The molecule has 0 amide bonds. The fourth-order valence-corrected chi connectivity index (χ4v) is 4.13. The Hall–Kier alpha value is -3.18. The van der Waals surface area contributed by atoms with Crippen LogP contribution in [0.5, 0.6) is 0 Å². The van der Waals surface area contributed by atoms with Crippen molar-refractivity contribution in [3.8, 4) is 0 Å². The van der Waals surface area contributed by atoms with E-state index in [4.69, 9.17) is 16.7 Å². The van der Waals surface area contributed by atoms with Crippen LogP contribution in [0.15, 0.2) is 42.5 Å². The van der Waals surface area contributed by atoms with Crippen molar-refractivity contribution in [2.24, 2.45) is 0 Å². The van der Waals surface area contributed by atoms with E-state index >= 15 is 0 Å². The number of nitrogens with zero attached hydrogens (tertiary/aromatic N) is 1. The van der Waals surface area contributed by atoms with Crippen molar-refractivity contribution in [2.45, 2.75) is 11.8 Å². The number of nitrogens with one attached hydrogen (secondary N) is 1. The van der Waals surface area contributed by atoms with Gasteiger partial charge in [-0.1, -0.05) is 23.7 Å². The molecule has 0 heterocycles. The van der Waals surface area contributed by atoms with Crippen molar-refractivity contribution in [1.82, 2.24) is 0 Å². The first-order valence-corrected chi connectivity index (χ1v) is 10.1. The average Bonchev–Trinajstić information content (AvgIpc) is 2.62. The monoisotopic (exact) mass is 442 g/mol. The number of nitro benzene ring substituents is 1. The fourth-order valence-electron chi connectivity index (χ4n) is 2.45. The summed E-state index contributed by atoms with van der Waals surface area (Å²) in [5, 5.41) is 32.2. The molecule has 10 nitrogen and oxygen atoms in total. The predicted molar refractivity (Wildman–Crippen MR) is 104 cm³/mol. The highest BCUT2D eigenvalue weighted by molar-refractivity contribution is 7.90. The van der Waals surface area contributed by atoms with Crippen molar-refractivity contribution < 1.29 is 33.1 Å². The lowest BCUT2D eigenvalue weighted by molar-refractivity contribution is -0.384. The lowest BCUT2D eigenvalue weighted by atomic mass is 10.1. The number of hydrogen-bond acceptors (Lipinski definition) is 7. The van der Waals surface area contributed by atoms with Crippen molar-refractivity contribution in [3.63, 3.8) is 0 Å². The first-order chi connectivity index (χ1) is 13.5. The van der Waals surface area contributed by atoms with Gasteiger partial charge in [0.1, 0.15) is 11.7 Å². The molecule has 0 fully saturated rings. The third-order valence-electron chi connectivity index (χ3n) is 3.79. The molecule has 0 aliphatic carbocycles. The van der Waals surface area contributed by atoms with Gasteiger partial charge in [0.15, 0.2) is 9.84 Å². The summed E-state index contributed by atoms with van der Waals surface area (Å²) in [5.41, 5.74) is -0.972. The molecule has 0 saturated heterocycles. The van der Waals surface area contributed by atoms with Crippen LogP contribution in [0.1, 0.15) is 15.9 Å². The number of aliphatic carboxylic acids is 1. The highest BCUT2D eigenvalue weighted by Gasteiger charge is 2.28. The van der Waals surface area contributed by atoms with Gasteiger partial charge in [-0.25, -0.2) is 18.0 Å². The largest absolute Gasteiger partial charge is 0.480 e. The molecule has 0 spiro atoms. The van der Waals surface area contributed by atoms with Crippen molar-refractivity contribution in [1.29, 1.82) is 0 Å². The topological polar surface area (TPSA) is 164 Å². The number of carboxylic acids is 2. The minimum Gasteiger partial charge on any atom is -0.480 e. The molecule has 0 aliphatic heterocycles. The van der Waals surface area contributed by atoms with Crippen LogP contribution < -0.4 is 5.32 Å². The smallest absolute Gasteiger partial charge is 0.335 e. The average molecular weight is 443 g/mol. The number of anilines is 1. The summed E-state index contributed by atoms with van der Waals surface area (Å²) in [7, 11) is -3.92. The molecule has 0 saturated carbocycles. The summed E-state index contributed by atoms with van der Waals surface area (Å²) in [5.74, 6) is -4.24. The first kappa shape index (κ1) is 22.1. The first-order valence-electron chi connectivity index (χ1n) is 7.94. The molecule has 0 aromatic heterocycles. The Morgan fingerprint density at radius 3 is 2.28 bits per heavy atom. The number of carboxylic acid groups (broad SMARTS) is 2. The lowest BCUT2D eigenvalue weighted by Crippen LogP contribution is -2.37. The Balaban J connectivity index is 2.26. The standard InChI is InChI=1S/C17H15ClN2O8S/c18-12-4-1-10(2-5-12)8-29(27,28)9-14(17(23)24)19-13-6-3-11(16(21)22)7-15(13)20(25)26/h1-7,14,19H,8-9H2,(H,21,22)(H,23,24)/t14-/m1/s1. The lowest BCUT2D eigenvalue weighted by Gasteiger charge is -2.16. The van der Waals surface area contributed by atoms with E-state index in [1.807, 2.05) is 0 Å². The maximum Gasteiger partial charge on any atom is 0.335 e. The number of hydrogen-bond donors (Lipinski definition) is 3. The van der Waals surface area contributed by atoms with Crippen LogP contribution in [-0.2, 0) is 20.4 Å². The van der Waals surface area contributed by atoms with Crippen LogP contribution in [0.2, 0.25) is 5.02 Å². The summed E-state index contributed by atoms with van der Waals surface area (Å²) in [6.07, 6.45) is 0. The molecule has 2 aromatic rings. The number of carbonyl (C=O) groups is 2. The number of rotatable bonds is 9. The van der Waals surface area contributed by atoms with E-state index in [1.54, 1.807) is 0 Å². The molecule has 29 heavy (non-hydrogen) atoms. The van der Waals surface area contributed by atoms with E-state index < -0.39 is 49.9 Å². The second-order valence-corrected chi connectivity index (χ2v) is 8.56. The van der Waals surface area contributed by atoms with E-state index in [0.717, 1.165) is 18.2 Å². The quantitative estimate of drug-likeness (QED) is 0.390. The fraction of sp³-hybridized carbons (Fsp3) is 0.176. The molecule has 0 unspecified atom stereocenters. The third kappa shape index (κ3) is 6.16. The van der Waals surface area contributed by atoms with Crippen molar-refractivity contribution >= 4 is 44.8 Å². The molecular weight excluding hydrogens is 428 g/mol. The predicted octanol–water partition coefficient (Wildman–Crippen LogP) is 2.43. The van der Waals surface area contributed by atoms with Crippen LogP contribution in [0.25, 0.3) is 0 Å². The number of benzene rings is 2. The molecular formula is C17H15ClN2O8S. The molecule has 154 valence electrons. The molecule has 0 aliphatic rings. The van der Waals surface area contributed by atoms with E-state index in [2.05, 4.69) is 5.32 Å². The van der Waals surface area contributed by atoms with Crippen molar-refractivity contribution in [2.75, 3.05) is 11.1 Å². The van der Waals surface area contributed by atoms with Gasteiger partial charge in [0, 0.05) is 11.1 Å². The van der Waals surface area contributed by atoms with Crippen LogP contribution in [0.4, 0.5) is 11.4 Å². The Kier molecular flexibility index (Phi) is 6.77. The minimum absolute atomic E-state index is 0.311. The van der Waals surface area contributed by atoms with Gasteiger partial charge in [-0.05, 0) is 29.8 Å². The molecule has 12 heteroatoms. The zero-order chi connectivity index (χ0) is 21.8. The van der Waals surface area contributed by atoms with Crippen molar-refractivity contribution in [3.05, 3.63) is 68.7 Å². The highest BCUT2D eigenvalue weighted by Crippen LogP contribution is 2.27. The Morgan fingerprint density at radius 2 is 1.76 bits per heavy atom. The summed E-state index contributed by atoms with van der Waals surface area (Å²) in [4.78, 5) is 32.8. The third-order valence-corrected chi connectivity index (χ3v) is 5.66. The second kappa shape index (κ2) is 8.88. The van der Waals surface area contributed by atoms with E-state index in [-0.39, 0.29) is 11.3 Å². The van der Waals surface area contributed by atoms with Gasteiger partial charge in [-0.2, -0.15) is 0 Å². The number of nitro groups is 1. The number of halogens is 1. The normalized spacial score (nSPS) is 12.2. The summed E-state index contributed by atoms with van der Waals surface area (Å²) < 4.78 is 24.8.